The SMILES string of the molecule is CC(C)Nc1cnnc(Nc2cccc(Cl)c2Cl)n1. The van der Waals surface area contributed by atoms with Gasteiger partial charge in [-0.3, -0.25) is 0 Å². The molecule has 5 nitrogen and oxygen atoms in total. The molecule has 100 valence electrons. The first-order valence-corrected chi connectivity index (χ1v) is 6.49. The van der Waals surface area contributed by atoms with Gasteiger partial charge in [-0.15, -0.1) is 5.10 Å². The third-order valence-corrected chi connectivity index (χ3v) is 3.01. The second-order valence-corrected chi connectivity index (χ2v) is 4.98. The lowest BCUT2D eigenvalue weighted by Crippen LogP contribution is -2.12. The molecule has 2 rings (SSSR count). The maximum Gasteiger partial charge on any atom is 0.249 e. The average Bonchev–Trinajstić information content (AvgIpc) is 2.35. The molecule has 0 unspecified atom stereocenters. The Hall–Kier alpha value is -1.59. The van der Waals surface area contributed by atoms with Crippen molar-refractivity contribution in [3.8, 4) is 0 Å². The van der Waals surface area contributed by atoms with E-state index in [1.807, 2.05) is 13.8 Å². The third kappa shape index (κ3) is 3.68. The number of hydrogen-bond acceptors (Lipinski definition) is 5. The number of halogens is 2. The van der Waals surface area contributed by atoms with Crippen molar-refractivity contribution in [1.82, 2.24) is 15.2 Å². The van der Waals surface area contributed by atoms with E-state index in [1.165, 1.54) is 0 Å². The summed E-state index contributed by atoms with van der Waals surface area (Å²) in [7, 11) is 0. The average molecular weight is 298 g/mol. The molecule has 0 fully saturated rings. The summed E-state index contributed by atoms with van der Waals surface area (Å²) in [6.07, 6.45) is 1.56. The zero-order valence-electron chi connectivity index (χ0n) is 10.5. The summed E-state index contributed by atoms with van der Waals surface area (Å²) in [6, 6.07) is 5.56. The molecule has 0 aliphatic carbocycles. The van der Waals surface area contributed by atoms with Gasteiger partial charge < -0.3 is 10.6 Å². The Morgan fingerprint density at radius 1 is 1.21 bits per heavy atom. The fraction of sp³-hybridized carbons (Fsp3) is 0.250. The van der Waals surface area contributed by atoms with Crippen molar-refractivity contribution in [2.24, 2.45) is 0 Å². The first kappa shape index (κ1) is 13.8. The van der Waals surface area contributed by atoms with Gasteiger partial charge >= 0.3 is 0 Å². The number of anilines is 3. The summed E-state index contributed by atoms with van der Waals surface area (Å²) in [5.41, 5.74) is 0.637. The molecule has 0 aliphatic rings. The van der Waals surface area contributed by atoms with Gasteiger partial charge in [0.2, 0.25) is 5.95 Å². The fourth-order valence-corrected chi connectivity index (χ4v) is 1.79. The standard InChI is InChI=1S/C12H13Cl2N5/c1-7(2)16-10-6-15-19-12(18-10)17-9-5-3-4-8(13)11(9)14/h3-7H,1-2H3,(H2,16,17,18,19). The lowest BCUT2D eigenvalue weighted by Gasteiger charge is -2.10. The van der Waals surface area contributed by atoms with Crippen LogP contribution < -0.4 is 10.6 Å². The van der Waals surface area contributed by atoms with Crippen LogP contribution in [-0.2, 0) is 0 Å². The van der Waals surface area contributed by atoms with Crippen LogP contribution in [0.15, 0.2) is 24.4 Å². The Bertz CT molecular complexity index is 574. The molecule has 1 heterocycles. The van der Waals surface area contributed by atoms with Gasteiger partial charge in [0, 0.05) is 6.04 Å². The molecule has 7 heteroatoms. The van der Waals surface area contributed by atoms with Crippen LogP contribution >= 0.6 is 23.2 Å². The van der Waals surface area contributed by atoms with Crippen molar-refractivity contribution >= 4 is 40.7 Å². The number of nitrogens with zero attached hydrogens (tertiary/aromatic N) is 3. The van der Waals surface area contributed by atoms with Crippen LogP contribution in [0.3, 0.4) is 0 Å². The van der Waals surface area contributed by atoms with Crippen molar-refractivity contribution < 1.29 is 0 Å². The van der Waals surface area contributed by atoms with E-state index in [2.05, 4.69) is 25.8 Å². The highest BCUT2D eigenvalue weighted by Gasteiger charge is 2.07. The van der Waals surface area contributed by atoms with Crippen LogP contribution in [0.2, 0.25) is 10.0 Å². The number of nitrogens with one attached hydrogen (secondary N) is 2. The maximum atomic E-state index is 6.08. The normalized spacial score (nSPS) is 10.6. The van der Waals surface area contributed by atoms with Gasteiger partial charge in [-0.25, -0.2) is 0 Å². The Labute approximate surface area is 121 Å². The minimum Gasteiger partial charge on any atom is -0.366 e. The van der Waals surface area contributed by atoms with Gasteiger partial charge in [0.15, 0.2) is 5.82 Å². The lowest BCUT2D eigenvalue weighted by molar-refractivity contribution is 0.873. The van der Waals surface area contributed by atoms with Crippen LogP contribution in [0.4, 0.5) is 17.5 Å². The van der Waals surface area contributed by atoms with Crippen LogP contribution in [0, 0.1) is 0 Å². The molecule has 0 spiro atoms. The Kier molecular flexibility index (Phi) is 4.39. The largest absolute Gasteiger partial charge is 0.366 e. The highest BCUT2D eigenvalue weighted by atomic mass is 35.5. The van der Waals surface area contributed by atoms with E-state index in [4.69, 9.17) is 23.2 Å². The van der Waals surface area contributed by atoms with Gasteiger partial charge in [0.25, 0.3) is 0 Å². The fourth-order valence-electron chi connectivity index (χ4n) is 1.44. The number of hydrogen-bond donors (Lipinski definition) is 2. The molecule has 2 N–H and O–H groups in total. The highest BCUT2D eigenvalue weighted by molar-refractivity contribution is 6.43. The molecule has 19 heavy (non-hydrogen) atoms. The number of aromatic nitrogens is 3. The van der Waals surface area contributed by atoms with Crippen molar-refractivity contribution in [3.63, 3.8) is 0 Å². The molecule has 2 aromatic rings. The van der Waals surface area contributed by atoms with Gasteiger partial charge in [-0.05, 0) is 26.0 Å². The maximum absolute atomic E-state index is 6.08. The second-order valence-electron chi connectivity index (χ2n) is 4.19. The van der Waals surface area contributed by atoms with Gasteiger partial charge in [0.05, 0.1) is 21.9 Å². The highest BCUT2D eigenvalue weighted by Crippen LogP contribution is 2.30. The second kappa shape index (κ2) is 6.04. The number of benzene rings is 1. The Morgan fingerprint density at radius 3 is 2.74 bits per heavy atom. The number of rotatable bonds is 4. The summed E-state index contributed by atoms with van der Waals surface area (Å²) < 4.78 is 0. The molecular weight excluding hydrogens is 285 g/mol. The summed E-state index contributed by atoms with van der Waals surface area (Å²) in [5, 5.41) is 14.8. The third-order valence-electron chi connectivity index (χ3n) is 2.19. The Balaban J connectivity index is 2.21. The van der Waals surface area contributed by atoms with E-state index in [1.54, 1.807) is 24.4 Å². The molecule has 0 atom stereocenters. The van der Waals surface area contributed by atoms with Crippen molar-refractivity contribution in [3.05, 3.63) is 34.4 Å². The lowest BCUT2D eigenvalue weighted by atomic mass is 10.3. The molecule has 0 aliphatic heterocycles. The summed E-state index contributed by atoms with van der Waals surface area (Å²) in [6.45, 7) is 4.03. The van der Waals surface area contributed by atoms with Gasteiger partial charge in [-0.2, -0.15) is 10.1 Å². The summed E-state index contributed by atoms with van der Waals surface area (Å²) in [5.74, 6) is 1.00. The van der Waals surface area contributed by atoms with Crippen molar-refractivity contribution in [2.75, 3.05) is 10.6 Å². The van der Waals surface area contributed by atoms with E-state index < -0.39 is 0 Å². The van der Waals surface area contributed by atoms with Gasteiger partial charge in [0.1, 0.15) is 0 Å². The van der Waals surface area contributed by atoms with Gasteiger partial charge in [-0.1, -0.05) is 29.3 Å². The molecule has 0 radical (unpaired) electrons. The predicted molar refractivity (Wildman–Crippen MR) is 78.3 cm³/mol. The molecule has 0 bridgehead atoms. The minimum atomic E-state index is 0.263. The molecule has 0 saturated heterocycles. The molecular formula is C12H13Cl2N5. The first-order valence-electron chi connectivity index (χ1n) is 5.73. The van der Waals surface area contributed by atoms with Crippen LogP contribution in [0.25, 0.3) is 0 Å². The zero-order valence-corrected chi connectivity index (χ0v) is 12.0. The van der Waals surface area contributed by atoms with E-state index >= 15 is 0 Å². The first-order chi connectivity index (χ1) is 9.06. The van der Waals surface area contributed by atoms with Crippen LogP contribution in [0.1, 0.15) is 13.8 Å². The van der Waals surface area contributed by atoms with E-state index in [9.17, 15) is 0 Å². The van der Waals surface area contributed by atoms with Crippen LogP contribution in [0.5, 0.6) is 0 Å². The smallest absolute Gasteiger partial charge is 0.249 e. The van der Waals surface area contributed by atoms with E-state index in [-0.39, 0.29) is 6.04 Å². The zero-order chi connectivity index (χ0) is 13.8. The minimum absolute atomic E-state index is 0.263. The predicted octanol–water partition coefficient (Wildman–Crippen LogP) is 3.74. The topological polar surface area (TPSA) is 62.7 Å². The monoisotopic (exact) mass is 297 g/mol. The van der Waals surface area contributed by atoms with Crippen LogP contribution in [-0.4, -0.2) is 21.2 Å². The molecule has 1 aromatic carbocycles. The van der Waals surface area contributed by atoms with Crippen molar-refractivity contribution in [1.29, 1.82) is 0 Å². The molecule has 0 saturated carbocycles. The summed E-state index contributed by atoms with van der Waals surface area (Å²) in [4.78, 5) is 4.28. The van der Waals surface area contributed by atoms with Crippen molar-refractivity contribution in [2.45, 2.75) is 19.9 Å². The van der Waals surface area contributed by atoms with E-state index in [0.717, 1.165) is 0 Å². The summed E-state index contributed by atoms with van der Waals surface area (Å²) >= 11 is 12.0. The van der Waals surface area contributed by atoms with E-state index in [0.29, 0.717) is 27.5 Å². The Morgan fingerprint density at radius 2 is 2.00 bits per heavy atom. The quantitative estimate of drug-likeness (QED) is 0.900. The molecule has 1 aromatic heterocycles. The molecule has 0 amide bonds.